The van der Waals surface area contributed by atoms with Gasteiger partial charge in [0.15, 0.2) is 0 Å². The van der Waals surface area contributed by atoms with Crippen LogP contribution in [0.2, 0.25) is 0 Å². The van der Waals surface area contributed by atoms with Gasteiger partial charge >= 0.3 is 0 Å². The van der Waals surface area contributed by atoms with Crippen molar-refractivity contribution < 1.29 is 8.17 Å². The van der Waals surface area contributed by atoms with E-state index in [1.807, 2.05) is 0 Å². The fraction of sp³-hybridized carbons (Fsp3) is 1.00. The molecule has 44 valence electrons. The predicted molar refractivity (Wildman–Crippen MR) is 35.0 cm³/mol. The molecule has 3 nitrogen and oxygen atoms in total. The van der Waals surface area contributed by atoms with E-state index in [-0.39, 0.29) is 6.54 Å². The Morgan fingerprint density at radius 3 is 2.57 bits per heavy atom. The quantitative estimate of drug-likeness (QED) is 0.636. The maximum absolute atomic E-state index is 8.60. The van der Waals surface area contributed by atoms with E-state index < -0.39 is 6.10 Å². The molecule has 1 unspecified atom stereocenters. The molecular formula is C3H8INO2. The van der Waals surface area contributed by atoms with Crippen LogP contribution in [0, 0.1) is 0 Å². The second kappa shape index (κ2) is 4.76. The second-order valence-corrected chi connectivity index (χ2v) is 1.79. The molecule has 0 aromatic carbocycles. The van der Waals surface area contributed by atoms with Gasteiger partial charge in [0.25, 0.3) is 0 Å². The Labute approximate surface area is 56.5 Å². The van der Waals surface area contributed by atoms with Crippen molar-refractivity contribution in [3.63, 3.8) is 0 Å². The number of halogens is 1. The summed E-state index contributed by atoms with van der Waals surface area (Å²) in [5, 5.41) is 8.60. The van der Waals surface area contributed by atoms with Crippen LogP contribution in [-0.2, 0) is 3.07 Å². The third-order valence-electron chi connectivity index (χ3n) is 0.527. The fourth-order valence-electron chi connectivity index (χ4n) is 0.141. The summed E-state index contributed by atoms with van der Waals surface area (Å²) in [6.07, 6.45) is -0.503. The van der Waals surface area contributed by atoms with E-state index in [0.29, 0.717) is 6.61 Å². The first kappa shape index (κ1) is 7.61. The number of aliphatic hydroxyl groups excluding tert-OH is 1. The zero-order valence-corrected chi connectivity index (χ0v) is 5.96. The van der Waals surface area contributed by atoms with Gasteiger partial charge in [0, 0.05) is 6.54 Å². The third kappa shape index (κ3) is 4.46. The predicted octanol–water partition coefficient (Wildman–Crippen LogP) is -0.327. The van der Waals surface area contributed by atoms with Crippen molar-refractivity contribution in [2.75, 3.05) is 13.2 Å². The van der Waals surface area contributed by atoms with Gasteiger partial charge in [-0.15, -0.1) is 0 Å². The van der Waals surface area contributed by atoms with Gasteiger partial charge in [-0.3, -0.25) is 0 Å². The van der Waals surface area contributed by atoms with Crippen molar-refractivity contribution in [3.8, 4) is 0 Å². The minimum Gasteiger partial charge on any atom is -0.389 e. The fourth-order valence-corrected chi connectivity index (χ4v) is 0.556. The normalized spacial score (nSPS) is 14.1. The molecule has 0 aliphatic rings. The van der Waals surface area contributed by atoms with Crippen LogP contribution < -0.4 is 5.73 Å². The molecule has 0 aromatic rings. The van der Waals surface area contributed by atoms with E-state index in [4.69, 9.17) is 10.8 Å². The highest BCUT2D eigenvalue weighted by Crippen LogP contribution is 1.87. The van der Waals surface area contributed by atoms with E-state index in [2.05, 4.69) is 3.07 Å². The summed E-state index contributed by atoms with van der Waals surface area (Å²) in [5.74, 6) is 0. The second-order valence-electron chi connectivity index (χ2n) is 1.17. The average Bonchev–Trinajstić information content (AvgIpc) is 1.68. The van der Waals surface area contributed by atoms with Gasteiger partial charge in [-0.1, -0.05) is 0 Å². The first-order chi connectivity index (χ1) is 3.31. The summed E-state index contributed by atoms with van der Waals surface area (Å²) < 4.78 is 4.53. The summed E-state index contributed by atoms with van der Waals surface area (Å²) in [6.45, 7) is 0.583. The zero-order valence-electron chi connectivity index (χ0n) is 3.80. The molecule has 7 heavy (non-hydrogen) atoms. The molecule has 0 aliphatic heterocycles. The van der Waals surface area contributed by atoms with Gasteiger partial charge in [-0.25, -0.2) is 0 Å². The van der Waals surface area contributed by atoms with Gasteiger partial charge in [0.2, 0.25) is 0 Å². The van der Waals surface area contributed by atoms with Crippen LogP contribution in [0.3, 0.4) is 0 Å². The van der Waals surface area contributed by atoms with Crippen LogP contribution in [0.5, 0.6) is 0 Å². The van der Waals surface area contributed by atoms with Crippen molar-refractivity contribution in [1.82, 2.24) is 0 Å². The van der Waals surface area contributed by atoms with Crippen LogP contribution in [0.4, 0.5) is 0 Å². The monoisotopic (exact) mass is 217 g/mol. The molecule has 4 heteroatoms. The summed E-state index contributed by atoms with van der Waals surface area (Å²) >= 11 is 1.71. The maximum Gasteiger partial charge on any atom is 0.109 e. The van der Waals surface area contributed by atoms with Gasteiger partial charge in [-0.2, -0.15) is 0 Å². The first-order valence-electron chi connectivity index (χ1n) is 1.93. The summed E-state index contributed by atoms with van der Waals surface area (Å²) in [6, 6.07) is 0. The van der Waals surface area contributed by atoms with Crippen LogP contribution >= 0.6 is 23.0 Å². The van der Waals surface area contributed by atoms with Gasteiger partial charge in [0.05, 0.1) is 12.7 Å². The molecule has 0 aliphatic carbocycles. The Morgan fingerprint density at radius 2 is 2.43 bits per heavy atom. The summed E-state index contributed by atoms with van der Waals surface area (Å²) in [7, 11) is 0. The Bertz CT molecular complexity index is 43.9. The van der Waals surface area contributed by atoms with E-state index >= 15 is 0 Å². The number of nitrogens with two attached hydrogens (primary N) is 1. The maximum atomic E-state index is 8.60. The van der Waals surface area contributed by atoms with Crippen molar-refractivity contribution in [1.29, 1.82) is 0 Å². The minimum atomic E-state index is -0.503. The Hall–Kier alpha value is 0.610. The molecule has 3 N–H and O–H groups in total. The molecule has 1 atom stereocenters. The molecule has 0 spiro atoms. The van der Waals surface area contributed by atoms with Crippen LogP contribution in [0.15, 0.2) is 0 Å². The highest BCUT2D eigenvalue weighted by molar-refractivity contribution is 14.1. The molecule has 0 saturated carbocycles. The molecule has 0 heterocycles. The Balaban J connectivity index is 2.83. The number of hydrogen-bond donors (Lipinski definition) is 2. The lowest BCUT2D eigenvalue weighted by Crippen LogP contribution is -2.23. The molecule has 0 fully saturated rings. The largest absolute Gasteiger partial charge is 0.389 e. The third-order valence-corrected chi connectivity index (χ3v) is 0.887. The van der Waals surface area contributed by atoms with Gasteiger partial charge in [0.1, 0.15) is 23.0 Å². The minimum absolute atomic E-state index is 0.267. The van der Waals surface area contributed by atoms with E-state index in [0.717, 1.165) is 0 Å². The number of aliphatic hydroxyl groups is 1. The van der Waals surface area contributed by atoms with Crippen molar-refractivity contribution in [2.24, 2.45) is 5.73 Å². The van der Waals surface area contributed by atoms with E-state index in [1.165, 1.54) is 0 Å². The lowest BCUT2D eigenvalue weighted by molar-refractivity contribution is 0.136. The lowest BCUT2D eigenvalue weighted by atomic mass is 10.4. The molecular weight excluding hydrogens is 209 g/mol. The topological polar surface area (TPSA) is 55.5 Å². The summed E-state index contributed by atoms with van der Waals surface area (Å²) in [5.41, 5.74) is 5.02. The van der Waals surface area contributed by atoms with Crippen molar-refractivity contribution in [3.05, 3.63) is 0 Å². The van der Waals surface area contributed by atoms with E-state index in [1.54, 1.807) is 23.0 Å². The van der Waals surface area contributed by atoms with Crippen LogP contribution in [0.1, 0.15) is 0 Å². The molecule has 0 saturated heterocycles. The first-order valence-corrected chi connectivity index (χ1v) is 2.81. The number of rotatable bonds is 3. The van der Waals surface area contributed by atoms with Crippen LogP contribution in [-0.4, -0.2) is 24.4 Å². The highest BCUT2D eigenvalue weighted by atomic mass is 127. The Morgan fingerprint density at radius 1 is 1.86 bits per heavy atom. The molecule has 0 bridgehead atoms. The summed E-state index contributed by atoms with van der Waals surface area (Å²) in [4.78, 5) is 0. The van der Waals surface area contributed by atoms with Gasteiger partial charge < -0.3 is 13.9 Å². The molecule has 0 radical (unpaired) electrons. The highest BCUT2D eigenvalue weighted by Gasteiger charge is 1.96. The molecule has 0 rings (SSSR count). The van der Waals surface area contributed by atoms with Crippen molar-refractivity contribution >= 4 is 23.0 Å². The van der Waals surface area contributed by atoms with Crippen LogP contribution in [0.25, 0.3) is 0 Å². The standard InChI is InChI=1S/C3H8INO2/c4-7-2-3(6)1-5/h3,6H,1-2,5H2. The average molecular weight is 217 g/mol. The van der Waals surface area contributed by atoms with E-state index in [9.17, 15) is 0 Å². The smallest absolute Gasteiger partial charge is 0.109 e. The Kier molecular flexibility index (Phi) is 5.18. The lowest BCUT2D eigenvalue weighted by Gasteiger charge is -2.01. The van der Waals surface area contributed by atoms with Crippen molar-refractivity contribution in [2.45, 2.75) is 6.10 Å². The zero-order chi connectivity index (χ0) is 5.70. The SMILES string of the molecule is NCC(O)COI. The number of hydrogen-bond acceptors (Lipinski definition) is 3. The molecule has 0 aromatic heterocycles. The molecule has 0 amide bonds. The van der Waals surface area contributed by atoms with Gasteiger partial charge in [-0.05, 0) is 0 Å².